The Morgan fingerprint density at radius 1 is 0.852 bits per heavy atom. The first-order valence-corrected chi connectivity index (χ1v) is 8.26. The van der Waals surface area contributed by atoms with Crippen molar-refractivity contribution >= 4 is 23.6 Å². The van der Waals surface area contributed by atoms with E-state index in [1.165, 1.54) is 12.2 Å². The van der Waals surface area contributed by atoms with Crippen LogP contribution in [0.3, 0.4) is 0 Å². The minimum Gasteiger partial charge on any atom is -0.477 e. The molecule has 2 N–H and O–H groups in total. The molecule has 1 unspecified atom stereocenters. The van der Waals surface area contributed by atoms with Crippen molar-refractivity contribution in [3.63, 3.8) is 0 Å². The van der Waals surface area contributed by atoms with Crippen molar-refractivity contribution in [2.24, 2.45) is 0 Å². The van der Waals surface area contributed by atoms with Crippen LogP contribution in [0.4, 0.5) is 0 Å². The minimum absolute atomic E-state index is 0.0833. The summed E-state index contributed by atoms with van der Waals surface area (Å²) < 4.78 is 6.22. The number of hydrogen-bond donors (Lipinski definition) is 2. The number of imide groups is 2. The first-order valence-electron chi connectivity index (χ1n) is 8.26. The van der Waals surface area contributed by atoms with Gasteiger partial charge in [-0.15, -0.1) is 0 Å². The van der Waals surface area contributed by atoms with Gasteiger partial charge in [0.25, 0.3) is 23.6 Å². The second kappa shape index (κ2) is 6.21. The van der Waals surface area contributed by atoms with Crippen molar-refractivity contribution in [1.82, 2.24) is 10.6 Å². The van der Waals surface area contributed by atoms with Gasteiger partial charge >= 0.3 is 0 Å². The number of carbonyl (C=O) groups excluding carboxylic acids is 4. The van der Waals surface area contributed by atoms with Crippen LogP contribution in [0.25, 0.3) is 0 Å². The lowest BCUT2D eigenvalue weighted by atomic mass is 9.76. The summed E-state index contributed by atoms with van der Waals surface area (Å²) >= 11 is 0. The van der Waals surface area contributed by atoms with Crippen molar-refractivity contribution in [3.8, 4) is 5.75 Å². The fourth-order valence-corrected chi connectivity index (χ4v) is 3.37. The molecule has 7 heteroatoms. The van der Waals surface area contributed by atoms with Crippen LogP contribution >= 0.6 is 0 Å². The maximum atomic E-state index is 12.5. The quantitative estimate of drug-likeness (QED) is 0.774. The maximum absolute atomic E-state index is 12.5. The van der Waals surface area contributed by atoms with E-state index >= 15 is 0 Å². The molecule has 3 aliphatic rings. The third kappa shape index (κ3) is 2.79. The van der Waals surface area contributed by atoms with Gasteiger partial charge in [0, 0.05) is 24.1 Å². The molecule has 0 fully saturated rings. The van der Waals surface area contributed by atoms with Gasteiger partial charge in [0.05, 0.1) is 11.1 Å². The molecule has 0 radical (unpaired) electrons. The first kappa shape index (κ1) is 16.7. The number of nitrogens with one attached hydrogen (secondary N) is 2. The van der Waals surface area contributed by atoms with E-state index in [4.69, 9.17) is 4.74 Å². The normalized spacial score (nSPS) is 24.2. The van der Waals surface area contributed by atoms with Crippen molar-refractivity contribution in [2.75, 3.05) is 0 Å². The van der Waals surface area contributed by atoms with Gasteiger partial charge in [-0.2, -0.15) is 0 Å². The summed E-state index contributed by atoms with van der Waals surface area (Å²) in [6.07, 6.45) is 7.66. The highest BCUT2D eigenvalue weighted by molar-refractivity contribution is 6.21. The SMILES string of the molecule is O=C1C=C(C2=CC=CCC2(Oc2ccccc2)C2=CC(=O)NC2=O)C(=O)N1. The van der Waals surface area contributed by atoms with Gasteiger partial charge in [0.15, 0.2) is 5.60 Å². The summed E-state index contributed by atoms with van der Waals surface area (Å²) in [5, 5.41) is 4.42. The Bertz CT molecular complexity index is 1000. The Hall–Kier alpha value is -3.74. The zero-order chi connectivity index (χ0) is 19.0. The molecular formula is C20H14N2O5. The Morgan fingerprint density at radius 3 is 2.19 bits per heavy atom. The second-order valence-corrected chi connectivity index (χ2v) is 6.21. The van der Waals surface area contributed by atoms with Crippen molar-refractivity contribution in [3.05, 3.63) is 77.4 Å². The Morgan fingerprint density at radius 2 is 1.56 bits per heavy atom. The third-order valence-electron chi connectivity index (χ3n) is 4.51. The monoisotopic (exact) mass is 362 g/mol. The summed E-state index contributed by atoms with van der Waals surface area (Å²) in [6, 6.07) is 8.77. The first-order chi connectivity index (χ1) is 13.0. The van der Waals surface area contributed by atoms with E-state index in [1.54, 1.807) is 42.5 Å². The van der Waals surface area contributed by atoms with E-state index < -0.39 is 29.2 Å². The second-order valence-electron chi connectivity index (χ2n) is 6.21. The number of allylic oxidation sites excluding steroid dienone is 2. The van der Waals surface area contributed by atoms with E-state index in [2.05, 4.69) is 10.6 Å². The van der Waals surface area contributed by atoms with Crippen molar-refractivity contribution in [2.45, 2.75) is 12.0 Å². The van der Waals surface area contributed by atoms with Crippen molar-refractivity contribution in [1.29, 1.82) is 0 Å². The van der Waals surface area contributed by atoms with E-state index in [0.29, 0.717) is 11.3 Å². The zero-order valence-electron chi connectivity index (χ0n) is 14.0. The highest BCUT2D eigenvalue weighted by Gasteiger charge is 2.49. The molecule has 0 saturated carbocycles. The maximum Gasteiger partial charge on any atom is 0.258 e. The number of carbonyl (C=O) groups is 4. The van der Waals surface area contributed by atoms with Crippen LogP contribution in [-0.2, 0) is 19.2 Å². The Balaban J connectivity index is 1.89. The summed E-state index contributed by atoms with van der Waals surface area (Å²) in [6.45, 7) is 0. The van der Waals surface area contributed by atoms with Crippen LogP contribution in [0, 0.1) is 0 Å². The molecule has 4 amide bonds. The van der Waals surface area contributed by atoms with Gasteiger partial charge in [-0.05, 0) is 12.1 Å². The van der Waals surface area contributed by atoms with Gasteiger partial charge in [0.2, 0.25) is 0 Å². The van der Waals surface area contributed by atoms with Crippen LogP contribution in [-0.4, -0.2) is 29.2 Å². The molecule has 0 aromatic heterocycles. The van der Waals surface area contributed by atoms with Crippen LogP contribution < -0.4 is 15.4 Å². The molecule has 1 aliphatic carbocycles. The zero-order valence-corrected chi connectivity index (χ0v) is 14.0. The van der Waals surface area contributed by atoms with Gasteiger partial charge in [0.1, 0.15) is 5.75 Å². The number of rotatable bonds is 4. The van der Waals surface area contributed by atoms with E-state index in [-0.39, 0.29) is 17.6 Å². The average molecular weight is 362 g/mol. The molecule has 2 aliphatic heterocycles. The molecule has 0 spiro atoms. The summed E-state index contributed by atoms with van der Waals surface area (Å²) in [4.78, 5) is 48.2. The summed E-state index contributed by atoms with van der Waals surface area (Å²) in [5.74, 6) is -1.81. The lowest BCUT2D eigenvalue weighted by Crippen LogP contribution is -2.45. The number of amides is 4. The molecule has 134 valence electrons. The van der Waals surface area contributed by atoms with Gasteiger partial charge in [-0.1, -0.05) is 36.4 Å². The third-order valence-corrected chi connectivity index (χ3v) is 4.51. The Kier molecular flexibility index (Phi) is 3.84. The van der Waals surface area contributed by atoms with Crippen molar-refractivity contribution < 1.29 is 23.9 Å². The highest BCUT2D eigenvalue weighted by Crippen LogP contribution is 2.42. The molecule has 0 bridgehead atoms. The molecule has 7 nitrogen and oxygen atoms in total. The predicted molar refractivity (Wildman–Crippen MR) is 94.1 cm³/mol. The standard InChI is InChI=1S/C20H14N2O5/c23-16-10-13(18(25)21-16)14-8-4-5-9-20(14,15-11-17(24)22-19(15)26)27-12-6-2-1-3-7-12/h1-8,10-11H,9H2,(H,21,23,25)(H,22,24,26). The fraction of sp³-hybridized carbons (Fsp3) is 0.100. The highest BCUT2D eigenvalue weighted by atomic mass is 16.5. The molecule has 0 saturated heterocycles. The molecule has 1 atom stereocenters. The lowest BCUT2D eigenvalue weighted by molar-refractivity contribution is -0.126. The molecule has 2 heterocycles. The van der Waals surface area contributed by atoms with Gasteiger partial charge in [-0.3, -0.25) is 29.8 Å². The number of benzene rings is 1. The van der Waals surface area contributed by atoms with E-state index in [1.807, 2.05) is 6.07 Å². The van der Waals surface area contributed by atoms with Gasteiger partial charge in [-0.25, -0.2) is 0 Å². The summed E-state index contributed by atoms with van der Waals surface area (Å²) in [5.41, 5.74) is -0.887. The predicted octanol–water partition coefficient (Wildman–Crippen LogP) is 0.856. The van der Waals surface area contributed by atoms with Crippen LogP contribution in [0.5, 0.6) is 5.75 Å². The van der Waals surface area contributed by atoms with Gasteiger partial charge < -0.3 is 4.74 Å². The largest absolute Gasteiger partial charge is 0.477 e. The van der Waals surface area contributed by atoms with Crippen LogP contribution in [0.15, 0.2) is 77.4 Å². The van der Waals surface area contributed by atoms with E-state index in [9.17, 15) is 19.2 Å². The molecule has 27 heavy (non-hydrogen) atoms. The van der Waals surface area contributed by atoms with Crippen LogP contribution in [0.1, 0.15) is 6.42 Å². The molecule has 4 rings (SSSR count). The number of hydrogen-bond acceptors (Lipinski definition) is 5. The molecule has 1 aromatic carbocycles. The number of para-hydroxylation sites is 1. The summed E-state index contributed by atoms with van der Waals surface area (Å²) in [7, 11) is 0. The molecular weight excluding hydrogens is 348 g/mol. The Labute approximate surface area is 154 Å². The number of ether oxygens (including phenoxy) is 1. The lowest BCUT2D eigenvalue weighted by Gasteiger charge is -2.37. The minimum atomic E-state index is -1.42. The smallest absolute Gasteiger partial charge is 0.258 e. The topological polar surface area (TPSA) is 102 Å². The fourth-order valence-electron chi connectivity index (χ4n) is 3.37. The van der Waals surface area contributed by atoms with E-state index in [0.717, 1.165) is 0 Å². The molecule has 1 aromatic rings. The average Bonchev–Trinajstić information content (AvgIpc) is 3.16. The van der Waals surface area contributed by atoms with Crippen LogP contribution in [0.2, 0.25) is 0 Å².